The van der Waals surface area contributed by atoms with Gasteiger partial charge in [0.1, 0.15) is 0 Å². The molecule has 6 nitrogen and oxygen atoms in total. The van der Waals surface area contributed by atoms with E-state index in [0.717, 1.165) is 57.9 Å². The number of para-hydroxylation sites is 1. The molecule has 200 valence electrons. The van der Waals surface area contributed by atoms with Crippen molar-refractivity contribution in [1.82, 2.24) is 14.9 Å². The number of aromatic nitrogens is 2. The predicted molar refractivity (Wildman–Crippen MR) is 156 cm³/mol. The molecule has 1 atom stereocenters. The lowest BCUT2D eigenvalue weighted by Crippen LogP contribution is -2.69. The average molecular weight is 530 g/mol. The van der Waals surface area contributed by atoms with Gasteiger partial charge in [-0.05, 0) is 78.5 Å². The van der Waals surface area contributed by atoms with Gasteiger partial charge >= 0.3 is 5.97 Å². The van der Waals surface area contributed by atoms with E-state index in [1.165, 1.54) is 0 Å². The molecule has 3 aromatic carbocycles. The molecule has 3 fully saturated rings. The third kappa shape index (κ3) is 4.06. The number of hydrogen-bond acceptors (Lipinski definition) is 3. The number of hydrogen-bond donors (Lipinski definition) is 2. The number of carboxylic acids is 1. The standard InChI is InChI=1S/C34H31N3O3/c1-22(34-19-33(20-34,21-34)17-30(38)39)35-32(40)28-16-26(23-7-3-2-4-8-23)15-25-13-14-37(31(25)28)18-27-12-11-24-9-5-6-10-29(24)36-27/h2-16,22H,17-21H2,1H3,(H,35,40)(H,38,39)/t22-,33?,34?/m0/s1. The summed E-state index contributed by atoms with van der Waals surface area (Å²) in [6.45, 7) is 2.62. The van der Waals surface area contributed by atoms with E-state index >= 15 is 0 Å². The van der Waals surface area contributed by atoms with E-state index in [1.807, 2.05) is 54.7 Å². The van der Waals surface area contributed by atoms with Gasteiger partial charge in [0.15, 0.2) is 0 Å². The van der Waals surface area contributed by atoms with Gasteiger partial charge in [-0.3, -0.25) is 14.6 Å². The minimum atomic E-state index is -0.730. The number of fused-ring (bicyclic) bond motifs is 2. The maximum Gasteiger partial charge on any atom is 0.303 e. The van der Waals surface area contributed by atoms with Gasteiger partial charge in [0.05, 0.1) is 35.3 Å². The summed E-state index contributed by atoms with van der Waals surface area (Å²) >= 11 is 0. The Bertz CT molecular complexity index is 1770. The molecule has 1 amide bonds. The van der Waals surface area contributed by atoms with Crippen molar-refractivity contribution in [1.29, 1.82) is 0 Å². The molecule has 0 spiro atoms. The zero-order chi connectivity index (χ0) is 27.5. The molecule has 40 heavy (non-hydrogen) atoms. The Morgan fingerprint density at radius 3 is 2.45 bits per heavy atom. The Balaban J connectivity index is 1.23. The molecule has 0 aliphatic heterocycles. The lowest BCUT2D eigenvalue weighted by Gasteiger charge is -2.72. The van der Waals surface area contributed by atoms with E-state index in [9.17, 15) is 14.7 Å². The molecule has 0 radical (unpaired) electrons. The van der Waals surface area contributed by atoms with Crippen molar-refractivity contribution < 1.29 is 14.7 Å². The third-order valence-electron chi connectivity index (χ3n) is 9.17. The number of pyridine rings is 1. The lowest BCUT2D eigenvalue weighted by molar-refractivity contribution is -0.223. The van der Waals surface area contributed by atoms with Crippen LogP contribution in [0.1, 0.15) is 48.7 Å². The minimum Gasteiger partial charge on any atom is -0.481 e. The highest BCUT2D eigenvalue weighted by Gasteiger charge is 2.69. The second-order valence-electron chi connectivity index (χ2n) is 11.9. The van der Waals surface area contributed by atoms with Crippen LogP contribution in [0.15, 0.2) is 91.1 Å². The fourth-order valence-corrected chi connectivity index (χ4v) is 7.30. The van der Waals surface area contributed by atoms with Crippen molar-refractivity contribution in [2.24, 2.45) is 10.8 Å². The van der Waals surface area contributed by atoms with E-state index in [0.29, 0.717) is 12.1 Å². The van der Waals surface area contributed by atoms with Crippen molar-refractivity contribution in [2.45, 2.75) is 45.2 Å². The van der Waals surface area contributed by atoms with Crippen molar-refractivity contribution >= 4 is 33.7 Å². The molecule has 2 bridgehead atoms. The highest BCUT2D eigenvalue weighted by atomic mass is 16.4. The van der Waals surface area contributed by atoms with Gasteiger partial charge in [-0.2, -0.15) is 0 Å². The number of nitrogens with zero attached hydrogens (tertiary/aromatic N) is 2. The Labute approximate surface area is 232 Å². The SMILES string of the molecule is C[C@H](NC(=O)c1cc(-c2ccccc2)cc2ccn(Cc3ccc4ccccc4n3)c12)C12CC(CC(=O)O)(C1)C2. The zero-order valence-electron chi connectivity index (χ0n) is 22.4. The number of aliphatic carboxylic acids is 1. The number of nitrogens with one attached hydrogen (secondary N) is 1. The molecule has 0 saturated heterocycles. The molecule has 0 unspecified atom stereocenters. The van der Waals surface area contributed by atoms with Crippen LogP contribution in [0, 0.1) is 10.8 Å². The summed E-state index contributed by atoms with van der Waals surface area (Å²) < 4.78 is 2.11. The fraction of sp³-hybridized carbons (Fsp3) is 0.265. The molecule has 3 saturated carbocycles. The fourth-order valence-electron chi connectivity index (χ4n) is 7.30. The van der Waals surface area contributed by atoms with Crippen LogP contribution >= 0.6 is 0 Å². The summed E-state index contributed by atoms with van der Waals surface area (Å²) in [6.07, 6.45) is 4.88. The van der Waals surface area contributed by atoms with Crippen LogP contribution in [0.2, 0.25) is 0 Å². The van der Waals surface area contributed by atoms with Gasteiger partial charge in [-0.1, -0.05) is 54.6 Å². The Morgan fingerprint density at radius 2 is 1.68 bits per heavy atom. The molecule has 2 N–H and O–H groups in total. The Morgan fingerprint density at radius 1 is 0.925 bits per heavy atom. The largest absolute Gasteiger partial charge is 0.481 e. The van der Waals surface area contributed by atoms with E-state index in [2.05, 4.69) is 53.2 Å². The van der Waals surface area contributed by atoms with Crippen LogP contribution in [-0.4, -0.2) is 32.6 Å². The summed E-state index contributed by atoms with van der Waals surface area (Å²) in [7, 11) is 0. The number of carboxylic acid groups (broad SMARTS) is 1. The Hall–Kier alpha value is -4.45. The monoisotopic (exact) mass is 529 g/mol. The second kappa shape index (κ2) is 9.05. The first-order chi connectivity index (χ1) is 19.3. The maximum absolute atomic E-state index is 14.0. The normalized spacial score (nSPS) is 21.9. The molecular formula is C34H31N3O3. The third-order valence-corrected chi connectivity index (χ3v) is 9.17. The number of carbonyl (C=O) groups excluding carboxylic acids is 1. The van der Waals surface area contributed by atoms with Gasteiger partial charge in [0.2, 0.25) is 0 Å². The zero-order valence-corrected chi connectivity index (χ0v) is 22.4. The van der Waals surface area contributed by atoms with Crippen molar-refractivity contribution in [2.75, 3.05) is 0 Å². The lowest BCUT2D eigenvalue weighted by atomic mass is 9.32. The van der Waals surface area contributed by atoms with Crippen molar-refractivity contribution in [3.05, 3.63) is 102 Å². The molecule has 3 aliphatic carbocycles. The first-order valence-corrected chi connectivity index (χ1v) is 13.9. The van der Waals surface area contributed by atoms with E-state index in [-0.39, 0.29) is 29.2 Å². The van der Waals surface area contributed by atoms with E-state index in [4.69, 9.17) is 4.98 Å². The first-order valence-electron chi connectivity index (χ1n) is 13.9. The van der Waals surface area contributed by atoms with Crippen molar-refractivity contribution in [3.8, 4) is 11.1 Å². The van der Waals surface area contributed by atoms with Gasteiger partial charge in [-0.25, -0.2) is 0 Å². The van der Waals surface area contributed by atoms with Crippen LogP contribution in [0.4, 0.5) is 0 Å². The quantitative estimate of drug-likeness (QED) is 0.235. The summed E-state index contributed by atoms with van der Waals surface area (Å²) in [5, 5.41) is 14.7. The van der Waals surface area contributed by atoms with E-state index in [1.54, 1.807) is 0 Å². The summed E-state index contributed by atoms with van der Waals surface area (Å²) in [4.78, 5) is 30.1. The van der Waals surface area contributed by atoms with E-state index < -0.39 is 5.97 Å². The number of rotatable bonds is 8. The van der Waals surface area contributed by atoms with Crippen LogP contribution in [0.3, 0.4) is 0 Å². The number of amides is 1. The highest BCUT2D eigenvalue weighted by molar-refractivity contribution is 6.08. The predicted octanol–water partition coefficient (Wildman–Crippen LogP) is 6.67. The molecule has 8 rings (SSSR count). The van der Waals surface area contributed by atoms with Gasteiger partial charge < -0.3 is 15.0 Å². The molecule has 2 aromatic heterocycles. The Kier molecular flexibility index (Phi) is 5.56. The van der Waals surface area contributed by atoms with Gasteiger partial charge in [0.25, 0.3) is 5.91 Å². The van der Waals surface area contributed by atoms with Crippen LogP contribution in [-0.2, 0) is 11.3 Å². The summed E-state index contributed by atoms with van der Waals surface area (Å²) in [5.74, 6) is -0.828. The summed E-state index contributed by atoms with van der Waals surface area (Å²) in [5.41, 5.74) is 5.42. The van der Waals surface area contributed by atoms with Crippen LogP contribution in [0.25, 0.3) is 32.9 Å². The van der Waals surface area contributed by atoms with Gasteiger partial charge in [-0.15, -0.1) is 0 Å². The maximum atomic E-state index is 14.0. The second-order valence-corrected chi connectivity index (χ2v) is 11.9. The number of carbonyl (C=O) groups is 2. The molecule has 6 heteroatoms. The molecule has 2 heterocycles. The van der Waals surface area contributed by atoms with Crippen LogP contribution < -0.4 is 5.32 Å². The van der Waals surface area contributed by atoms with Crippen molar-refractivity contribution in [3.63, 3.8) is 0 Å². The van der Waals surface area contributed by atoms with Crippen LogP contribution in [0.5, 0.6) is 0 Å². The topological polar surface area (TPSA) is 84.2 Å². The average Bonchev–Trinajstić information content (AvgIpc) is 3.32. The highest BCUT2D eigenvalue weighted by Crippen LogP contribution is 2.76. The molecular weight excluding hydrogens is 498 g/mol. The molecule has 5 aromatic rings. The summed E-state index contributed by atoms with van der Waals surface area (Å²) in [6, 6.07) is 28.5. The first kappa shape index (κ1) is 24.6. The minimum absolute atomic E-state index is 0.0122. The smallest absolute Gasteiger partial charge is 0.303 e. The number of benzene rings is 3. The van der Waals surface area contributed by atoms with Gasteiger partial charge in [0, 0.05) is 23.0 Å². The molecule has 3 aliphatic rings.